The molecule has 1 nitrogen and oxygen atoms in total. The Balaban J connectivity index is 1.93. The Kier molecular flexibility index (Phi) is 5.67. The van der Waals surface area contributed by atoms with Gasteiger partial charge in [-0.3, -0.25) is 4.90 Å². The average molecular weight is 304 g/mol. The lowest BCUT2D eigenvalue weighted by molar-refractivity contribution is 0.265. The fourth-order valence-corrected chi connectivity index (χ4v) is 4.54. The molecule has 1 unspecified atom stereocenters. The Bertz CT molecular complexity index is 430. The summed E-state index contributed by atoms with van der Waals surface area (Å²) in [4.78, 5) is 2.66. The van der Waals surface area contributed by atoms with Crippen LogP contribution in [0.25, 0.3) is 0 Å². The van der Waals surface area contributed by atoms with E-state index in [9.17, 15) is 0 Å². The van der Waals surface area contributed by atoms with Crippen molar-refractivity contribution in [2.45, 2.75) is 59.3 Å². The lowest BCUT2D eigenvalue weighted by Crippen LogP contribution is -2.37. The highest BCUT2D eigenvalue weighted by atomic mass is 28.3. The molecule has 118 valence electrons. The molecule has 1 aliphatic rings. The monoisotopic (exact) mass is 303 g/mol. The van der Waals surface area contributed by atoms with Crippen LogP contribution in [0.5, 0.6) is 0 Å². The summed E-state index contributed by atoms with van der Waals surface area (Å²) in [5.74, 6) is 1.78. The predicted molar refractivity (Wildman–Crippen MR) is 96.9 cm³/mol. The summed E-state index contributed by atoms with van der Waals surface area (Å²) in [6.07, 6.45) is 4.17. The van der Waals surface area contributed by atoms with Crippen molar-refractivity contribution in [2.24, 2.45) is 11.8 Å². The van der Waals surface area contributed by atoms with Crippen LogP contribution in [0, 0.1) is 11.8 Å². The third-order valence-corrected chi connectivity index (χ3v) is 7.10. The van der Waals surface area contributed by atoms with Gasteiger partial charge in [-0.05, 0) is 49.8 Å². The van der Waals surface area contributed by atoms with Gasteiger partial charge in [0.25, 0.3) is 0 Å². The van der Waals surface area contributed by atoms with Crippen molar-refractivity contribution < 1.29 is 0 Å². The molecule has 1 aromatic carbocycles. The minimum Gasteiger partial charge on any atom is -0.299 e. The lowest BCUT2D eigenvalue weighted by atomic mass is 9.89. The minimum absolute atomic E-state index is 0.848. The number of rotatable bonds is 4. The number of likely N-dealkylation sites (tertiary alicyclic amines) is 1. The van der Waals surface area contributed by atoms with Crippen LogP contribution in [0.2, 0.25) is 19.6 Å². The maximum absolute atomic E-state index is 2.66. The largest absolute Gasteiger partial charge is 0.299 e. The van der Waals surface area contributed by atoms with Crippen molar-refractivity contribution >= 4 is 13.3 Å². The molecule has 0 saturated carbocycles. The molecule has 1 atom stereocenters. The molecule has 0 aromatic heterocycles. The van der Waals surface area contributed by atoms with Gasteiger partial charge in [0, 0.05) is 6.54 Å². The van der Waals surface area contributed by atoms with Gasteiger partial charge in [0.2, 0.25) is 0 Å². The molecule has 21 heavy (non-hydrogen) atoms. The normalized spacial score (nSPS) is 21.5. The van der Waals surface area contributed by atoms with E-state index in [0.717, 1.165) is 18.4 Å². The number of nitrogens with zero attached hydrogens (tertiary/aromatic N) is 1. The van der Waals surface area contributed by atoms with Crippen LogP contribution >= 0.6 is 0 Å². The smallest absolute Gasteiger partial charge is 0.0775 e. The van der Waals surface area contributed by atoms with Gasteiger partial charge in [-0.25, -0.2) is 0 Å². The molecular formula is C19H33NSi. The van der Waals surface area contributed by atoms with E-state index in [1.54, 1.807) is 5.19 Å². The number of hydrogen-bond acceptors (Lipinski definition) is 1. The van der Waals surface area contributed by atoms with E-state index >= 15 is 0 Å². The van der Waals surface area contributed by atoms with Crippen molar-refractivity contribution in [3.8, 4) is 0 Å². The Morgan fingerprint density at radius 2 is 1.71 bits per heavy atom. The van der Waals surface area contributed by atoms with E-state index in [4.69, 9.17) is 0 Å². The van der Waals surface area contributed by atoms with Gasteiger partial charge in [0.1, 0.15) is 0 Å². The Morgan fingerprint density at radius 3 is 2.29 bits per heavy atom. The Labute approximate surface area is 132 Å². The van der Waals surface area contributed by atoms with Crippen LogP contribution in [0.3, 0.4) is 0 Å². The average Bonchev–Trinajstić information content (AvgIpc) is 2.64. The summed E-state index contributed by atoms with van der Waals surface area (Å²) < 4.78 is 0. The van der Waals surface area contributed by atoms with Crippen molar-refractivity contribution in [3.05, 3.63) is 29.8 Å². The first kappa shape index (κ1) is 16.8. The van der Waals surface area contributed by atoms with Crippen molar-refractivity contribution in [2.75, 3.05) is 13.1 Å². The first-order valence-electron chi connectivity index (χ1n) is 8.68. The molecule has 1 heterocycles. The van der Waals surface area contributed by atoms with Gasteiger partial charge >= 0.3 is 0 Å². The van der Waals surface area contributed by atoms with Crippen LogP contribution in [0.1, 0.15) is 38.7 Å². The second-order valence-corrected chi connectivity index (χ2v) is 13.2. The summed E-state index contributed by atoms with van der Waals surface area (Å²) in [5, 5.41) is 1.57. The van der Waals surface area contributed by atoms with E-state index in [-0.39, 0.29) is 0 Å². The molecular weight excluding hydrogens is 270 g/mol. The van der Waals surface area contributed by atoms with Crippen LogP contribution in [-0.4, -0.2) is 26.1 Å². The number of benzene rings is 1. The molecule has 2 rings (SSSR count). The molecule has 0 spiro atoms. The van der Waals surface area contributed by atoms with E-state index in [1.165, 1.54) is 37.9 Å². The van der Waals surface area contributed by atoms with Crippen LogP contribution in [0.4, 0.5) is 0 Å². The van der Waals surface area contributed by atoms with E-state index < -0.39 is 8.07 Å². The second kappa shape index (κ2) is 7.10. The first-order valence-corrected chi connectivity index (χ1v) is 12.2. The minimum atomic E-state index is -1.15. The first-order chi connectivity index (χ1) is 9.86. The van der Waals surface area contributed by atoms with Crippen LogP contribution < -0.4 is 5.19 Å². The Morgan fingerprint density at radius 1 is 1.05 bits per heavy atom. The summed E-state index contributed by atoms with van der Waals surface area (Å²) >= 11 is 0. The molecule has 0 amide bonds. The maximum atomic E-state index is 2.66. The molecule has 1 saturated heterocycles. The van der Waals surface area contributed by atoms with E-state index in [2.05, 4.69) is 62.7 Å². The molecule has 1 fully saturated rings. The zero-order valence-electron chi connectivity index (χ0n) is 14.7. The molecule has 2 heteroatoms. The van der Waals surface area contributed by atoms with Crippen molar-refractivity contribution in [3.63, 3.8) is 0 Å². The highest BCUT2D eigenvalue weighted by Gasteiger charge is 2.20. The number of hydrogen-bond donors (Lipinski definition) is 0. The summed E-state index contributed by atoms with van der Waals surface area (Å²) in [6, 6.07) is 9.46. The van der Waals surface area contributed by atoms with Gasteiger partial charge in [-0.1, -0.05) is 62.9 Å². The second-order valence-electron chi connectivity index (χ2n) is 8.16. The fraction of sp³-hybridized carbons (Fsp3) is 0.684. The Hall–Kier alpha value is -0.603. The van der Waals surface area contributed by atoms with Gasteiger partial charge in [-0.2, -0.15) is 0 Å². The standard InChI is InChI=1S/C19H33NSi/c1-16(2)18-7-6-13-20(14-12-18)15-17-8-10-19(11-9-17)21(3,4)5/h8-11,16,18H,6-7,12-15H2,1-5H3. The molecule has 0 bridgehead atoms. The highest BCUT2D eigenvalue weighted by molar-refractivity contribution is 6.88. The predicted octanol–water partition coefficient (Wildman–Crippen LogP) is 4.49. The van der Waals surface area contributed by atoms with Crippen LogP contribution in [0.15, 0.2) is 24.3 Å². The zero-order chi connectivity index (χ0) is 15.5. The summed E-state index contributed by atoms with van der Waals surface area (Å²) in [7, 11) is -1.15. The summed E-state index contributed by atoms with van der Waals surface area (Å²) in [6.45, 7) is 15.7. The van der Waals surface area contributed by atoms with E-state index in [1.807, 2.05) is 0 Å². The third-order valence-electron chi connectivity index (χ3n) is 5.03. The summed E-state index contributed by atoms with van der Waals surface area (Å²) in [5.41, 5.74) is 1.49. The van der Waals surface area contributed by atoms with Crippen LogP contribution in [-0.2, 0) is 6.54 Å². The van der Waals surface area contributed by atoms with Gasteiger partial charge in [0.05, 0.1) is 8.07 Å². The molecule has 0 N–H and O–H groups in total. The molecule has 1 aromatic rings. The van der Waals surface area contributed by atoms with Gasteiger partial charge in [-0.15, -0.1) is 0 Å². The topological polar surface area (TPSA) is 3.24 Å². The zero-order valence-corrected chi connectivity index (χ0v) is 15.7. The van der Waals surface area contributed by atoms with Gasteiger partial charge in [0.15, 0.2) is 0 Å². The SMILES string of the molecule is CC(C)C1CCCN(Cc2ccc([Si](C)(C)C)cc2)CC1. The highest BCUT2D eigenvalue weighted by Crippen LogP contribution is 2.25. The van der Waals surface area contributed by atoms with Crippen molar-refractivity contribution in [1.29, 1.82) is 0 Å². The van der Waals surface area contributed by atoms with E-state index in [0.29, 0.717) is 0 Å². The molecule has 1 aliphatic heterocycles. The molecule has 0 aliphatic carbocycles. The third kappa shape index (κ3) is 4.96. The van der Waals surface area contributed by atoms with Gasteiger partial charge < -0.3 is 0 Å². The quantitative estimate of drug-likeness (QED) is 0.741. The fourth-order valence-electron chi connectivity index (χ4n) is 3.37. The molecule has 0 radical (unpaired) electrons. The van der Waals surface area contributed by atoms with Crippen molar-refractivity contribution in [1.82, 2.24) is 4.90 Å². The lowest BCUT2D eigenvalue weighted by Gasteiger charge is -2.22. The maximum Gasteiger partial charge on any atom is 0.0775 e.